The number of ether oxygens (including phenoxy) is 1. The van der Waals surface area contributed by atoms with Crippen LogP contribution < -0.4 is 16.2 Å². The molecule has 1 aromatic heterocycles. The molecule has 0 aliphatic carbocycles. The molecule has 166 valence electrons. The number of nitrogens with zero attached hydrogens (tertiary/aromatic N) is 6. The number of hydrogen-bond acceptors (Lipinski definition) is 7. The molecule has 2 aliphatic rings. The van der Waals surface area contributed by atoms with Gasteiger partial charge < -0.3 is 16.2 Å². The summed E-state index contributed by atoms with van der Waals surface area (Å²) in [7, 11) is 1.64. The lowest BCUT2D eigenvalue weighted by Crippen LogP contribution is -2.40. The molecule has 4 N–H and O–H groups in total. The minimum Gasteiger partial charge on any atom is -0.494 e. The van der Waals surface area contributed by atoms with E-state index >= 15 is 0 Å². The first kappa shape index (κ1) is 21.2. The number of aliphatic imine (C=N–C) groups is 1. The van der Waals surface area contributed by atoms with Gasteiger partial charge in [0.15, 0.2) is 0 Å². The number of hydrogen-bond donors (Lipinski definition) is 2. The number of nitrogens with two attached hydrogens (primary N) is 2. The zero-order chi connectivity index (χ0) is 22.0. The Morgan fingerprint density at radius 2 is 2.16 bits per heavy atom. The maximum Gasteiger partial charge on any atom is 0.218 e. The molecule has 1 aromatic carbocycles. The predicted molar refractivity (Wildman–Crippen MR) is 122 cm³/mol. The second-order valence-corrected chi connectivity index (χ2v) is 8.11. The average molecular weight is 425 g/mol. The molecule has 0 amide bonds. The van der Waals surface area contributed by atoms with Gasteiger partial charge in [0.05, 0.1) is 24.5 Å². The van der Waals surface area contributed by atoms with Gasteiger partial charge in [0, 0.05) is 38.2 Å². The molecule has 1 atom stereocenters. The molecular weight excluding hydrogens is 392 g/mol. The number of rotatable bonds is 6. The molecule has 31 heavy (non-hydrogen) atoms. The summed E-state index contributed by atoms with van der Waals surface area (Å²) in [6, 6.07) is 8.04. The van der Waals surface area contributed by atoms with Crippen LogP contribution in [0.1, 0.15) is 49.2 Å². The van der Waals surface area contributed by atoms with Crippen LogP contribution in [0.5, 0.6) is 5.75 Å². The maximum absolute atomic E-state index is 6.34. The van der Waals surface area contributed by atoms with E-state index in [2.05, 4.69) is 37.8 Å². The van der Waals surface area contributed by atoms with E-state index in [0.29, 0.717) is 24.0 Å². The van der Waals surface area contributed by atoms with Crippen LogP contribution in [0.25, 0.3) is 0 Å². The van der Waals surface area contributed by atoms with Gasteiger partial charge in [0.1, 0.15) is 17.3 Å². The molecule has 0 radical (unpaired) electrons. The van der Waals surface area contributed by atoms with E-state index in [9.17, 15) is 0 Å². The van der Waals surface area contributed by atoms with E-state index in [1.807, 2.05) is 25.1 Å². The number of fused-ring (bicyclic) bond motifs is 2. The van der Waals surface area contributed by atoms with Crippen molar-refractivity contribution >= 4 is 17.5 Å². The van der Waals surface area contributed by atoms with Crippen LogP contribution in [-0.4, -0.2) is 51.7 Å². The Morgan fingerprint density at radius 3 is 2.94 bits per heavy atom. The number of aryl methyl sites for hydroxylation is 2. The molecule has 0 saturated heterocycles. The van der Waals surface area contributed by atoms with Gasteiger partial charge in [-0.15, -0.1) is 0 Å². The second-order valence-electron chi connectivity index (χ2n) is 8.11. The summed E-state index contributed by atoms with van der Waals surface area (Å²) < 4.78 is 7.58. The van der Waals surface area contributed by atoms with Gasteiger partial charge in [-0.05, 0) is 31.9 Å². The van der Waals surface area contributed by atoms with Gasteiger partial charge >= 0.3 is 0 Å². The lowest BCUT2D eigenvalue weighted by molar-refractivity contribution is 0.275. The Hall–Kier alpha value is -3.07. The summed E-state index contributed by atoms with van der Waals surface area (Å²) in [5.41, 5.74) is 16.8. The van der Waals surface area contributed by atoms with Gasteiger partial charge in [0.25, 0.3) is 0 Å². The van der Waals surface area contributed by atoms with Crippen molar-refractivity contribution in [2.45, 2.75) is 52.2 Å². The molecule has 2 aliphatic heterocycles. The Morgan fingerprint density at radius 1 is 1.32 bits per heavy atom. The van der Waals surface area contributed by atoms with Crippen LogP contribution in [0.3, 0.4) is 0 Å². The van der Waals surface area contributed by atoms with Crippen LogP contribution in [-0.2, 0) is 13.1 Å². The van der Waals surface area contributed by atoms with Crippen LogP contribution in [0.2, 0.25) is 0 Å². The average Bonchev–Trinajstić information content (AvgIpc) is 2.99. The first-order valence-electron chi connectivity index (χ1n) is 10.9. The largest absolute Gasteiger partial charge is 0.494 e. The van der Waals surface area contributed by atoms with Gasteiger partial charge in [-0.1, -0.05) is 19.1 Å². The molecule has 2 aromatic rings. The molecule has 0 spiro atoms. The van der Waals surface area contributed by atoms with Gasteiger partial charge in [-0.3, -0.25) is 9.58 Å². The summed E-state index contributed by atoms with van der Waals surface area (Å²) in [6.45, 7) is 7.85. The smallest absolute Gasteiger partial charge is 0.218 e. The number of hydrazone groups is 1. The fourth-order valence-electron chi connectivity index (χ4n) is 4.39. The molecule has 0 saturated carbocycles. The second kappa shape index (κ2) is 8.97. The van der Waals surface area contributed by atoms with Crippen molar-refractivity contribution in [3.63, 3.8) is 0 Å². The maximum atomic E-state index is 6.34. The van der Waals surface area contributed by atoms with Crippen molar-refractivity contribution in [1.29, 1.82) is 0 Å². The third-order valence-corrected chi connectivity index (χ3v) is 5.89. The minimum atomic E-state index is -0.0309. The van der Waals surface area contributed by atoms with Crippen LogP contribution in [0.4, 0.5) is 5.69 Å². The topological polar surface area (TPSA) is 110 Å². The predicted octanol–water partition coefficient (Wildman–Crippen LogP) is 2.48. The van der Waals surface area contributed by atoms with Crippen LogP contribution in [0.15, 0.2) is 34.4 Å². The highest BCUT2D eigenvalue weighted by Crippen LogP contribution is 2.41. The van der Waals surface area contributed by atoms with Gasteiger partial charge in [-0.25, -0.2) is 10.0 Å². The number of methoxy groups -OCH3 is 1. The van der Waals surface area contributed by atoms with Crippen molar-refractivity contribution in [2.75, 3.05) is 20.2 Å². The standard InChI is InChI=1S/C22H32N8O/c1-4-18-17-7-5-8-19(31-3)21(17)25-22(24)30(18)27-20(23)9-12-28-10-6-11-29-16(14-28)13-15(2)26-29/h5,7-8,13,18H,4,6,9-12,14H2,1-3H3,(H2,23,27)(H2,24,25). The Labute approximate surface area is 183 Å². The lowest BCUT2D eigenvalue weighted by atomic mass is 10.00. The van der Waals surface area contributed by atoms with Crippen molar-refractivity contribution < 1.29 is 4.74 Å². The summed E-state index contributed by atoms with van der Waals surface area (Å²) in [6.07, 6.45) is 2.56. The molecule has 3 heterocycles. The van der Waals surface area contributed by atoms with Crippen LogP contribution in [0, 0.1) is 6.92 Å². The first-order valence-corrected chi connectivity index (χ1v) is 10.9. The molecule has 1 unspecified atom stereocenters. The molecular formula is C22H32N8O. The number of amidine groups is 1. The summed E-state index contributed by atoms with van der Waals surface area (Å²) in [5, 5.41) is 11.0. The fraction of sp³-hybridized carbons (Fsp3) is 0.500. The molecule has 4 rings (SSSR count). The minimum absolute atomic E-state index is 0.0309. The van der Waals surface area contributed by atoms with E-state index < -0.39 is 0 Å². The van der Waals surface area contributed by atoms with E-state index in [0.717, 1.165) is 56.0 Å². The molecule has 0 bridgehead atoms. The molecule has 9 heteroatoms. The molecule has 0 fully saturated rings. The Bertz CT molecular complexity index is 995. The zero-order valence-corrected chi connectivity index (χ0v) is 18.6. The summed E-state index contributed by atoms with van der Waals surface area (Å²) in [4.78, 5) is 6.96. The van der Waals surface area contributed by atoms with E-state index in [1.54, 1.807) is 12.1 Å². The normalized spacial score (nSPS) is 19.5. The zero-order valence-electron chi connectivity index (χ0n) is 18.6. The lowest BCUT2D eigenvalue weighted by Gasteiger charge is -2.33. The van der Waals surface area contributed by atoms with Crippen molar-refractivity contribution in [3.8, 4) is 5.75 Å². The van der Waals surface area contributed by atoms with E-state index in [-0.39, 0.29) is 6.04 Å². The number of para-hydroxylation sites is 1. The van der Waals surface area contributed by atoms with Gasteiger partial charge in [0.2, 0.25) is 5.96 Å². The van der Waals surface area contributed by atoms with E-state index in [1.165, 1.54) is 5.69 Å². The monoisotopic (exact) mass is 424 g/mol. The Kier molecular flexibility index (Phi) is 6.13. The molecule has 9 nitrogen and oxygen atoms in total. The SMILES string of the molecule is CCC1c2cccc(OC)c2N=C(N)N1/N=C(\N)CCN1CCCn2nc(C)cc2C1. The number of aromatic nitrogens is 2. The van der Waals surface area contributed by atoms with Crippen molar-refractivity contribution in [1.82, 2.24) is 19.7 Å². The van der Waals surface area contributed by atoms with Crippen LogP contribution >= 0.6 is 0 Å². The van der Waals surface area contributed by atoms with E-state index in [4.69, 9.17) is 16.2 Å². The summed E-state index contributed by atoms with van der Waals surface area (Å²) in [5.74, 6) is 1.60. The highest BCUT2D eigenvalue weighted by molar-refractivity contribution is 5.88. The fourth-order valence-corrected chi connectivity index (χ4v) is 4.39. The van der Waals surface area contributed by atoms with Gasteiger partial charge in [-0.2, -0.15) is 10.2 Å². The number of guanidine groups is 1. The van der Waals surface area contributed by atoms with Crippen molar-refractivity contribution in [2.24, 2.45) is 21.6 Å². The third-order valence-electron chi connectivity index (χ3n) is 5.89. The quantitative estimate of drug-likeness (QED) is 0.544. The highest BCUT2D eigenvalue weighted by atomic mass is 16.5. The number of benzene rings is 1. The van der Waals surface area contributed by atoms with Crippen molar-refractivity contribution in [3.05, 3.63) is 41.2 Å². The first-order chi connectivity index (χ1) is 15.0. The third kappa shape index (κ3) is 4.36. The Balaban J connectivity index is 1.47. The highest BCUT2D eigenvalue weighted by Gasteiger charge is 2.29. The summed E-state index contributed by atoms with van der Waals surface area (Å²) >= 11 is 0.